The van der Waals surface area contributed by atoms with Crippen molar-refractivity contribution in [3.63, 3.8) is 0 Å². The summed E-state index contributed by atoms with van der Waals surface area (Å²) in [6.45, 7) is 0.542. The van der Waals surface area contributed by atoms with E-state index in [2.05, 4.69) is 15.9 Å². The molecule has 1 rings (SSSR count). The molecule has 2 atom stereocenters. The van der Waals surface area contributed by atoms with E-state index in [9.17, 15) is 4.79 Å². The molecule has 0 aliphatic rings. The van der Waals surface area contributed by atoms with Gasteiger partial charge in [-0.25, -0.2) is 0 Å². The Labute approximate surface area is 134 Å². The van der Waals surface area contributed by atoms with Crippen molar-refractivity contribution in [2.45, 2.75) is 38.0 Å². The maximum atomic E-state index is 10.7. The number of carboxylic acids is 1. The van der Waals surface area contributed by atoms with Crippen LogP contribution in [0, 0.1) is 0 Å². The summed E-state index contributed by atoms with van der Waals surface area (Å²) in [5.41, 5.74) is 6.62. The van der Waals surface area contributed by atoms with Crippen LogP contribution in [0.15, 0.2) is 30.3 Å². The molecular formula is C14H21BrClNO3. The molecule has 1 aromatic rings. The Bertz CT molecular complexity index is 378. The molecular weight excluding hydrogens is 346 g/mol. The predicted molar refractivity (Wildman–Crippen MR) is 85.5 cm³/mol. The van der Waals surface area contributed by atoms with E-state index < -0.39 is 12.0 Å². The van der Waals surface area contributed by atoms with Crippen molar-refractivity contribution < 1.29 is 14.6 Å². The number of carboxylic acid groups (broad SMARTS) is 1. The van der Waals surface area contributed by atoms with Gasteiger partial charge in [0, 0.05) is 5.33 Å². The lowest BCUT2D eigenvalue weighted by molar-refractivity contribution is -0.138. The number of nitrogens with two attached hydrogens (primary N) is 1. The largest absolute Gasteiger partial charge is 0.480 e. The van der Waals surface area contributed by atoms with Gasteiger partial charge < -0.3 is 15.6 Å². The van der Waals surface area contributed by atoms with E-state index in [1.165, 1.54) is 0 Å². The molecule has 114 valence electrons. The average molecular weight is 367 g/mol. The number of rotatable bonds is 9. The van der Waals surface area contributed by atoms with Crippen molar-refractivity contribution in [3.8, 4) is 0 Å². The first kappa shape index (κ1) is 19.4. The highest BCUT2D eigenvalue weighted by atomic mass is 79.9. The standard InChI is InChI=1S/C14H20BrNO3.ClH/c15-9-8-12(6-7-13(16)14(17)18)19-10-11-4-2-1-3-5-11;/h1-5,12-13H,6-10,16H2,(H,17,18);1H. The van der Waals surface area contributed by atoms with Crippen LogP contribution in [0.1, 0.15) is 24.8 Å². The van der Waals surface area contributed by atoms with Gasteiger partial charge >= 0.3 is 5.97 Å². The molecule has 3 N–H and O–H groups in total. The van der Waals surface area contributed by atoms with Crippen LogP contribution in [0.25, 0.3) is 0 Å². The highest BCUT2D eigenvalue weighted by molar-refractivity contribution is 9.09. The lowest BCUT2D eigenvalue weighted by atomic mass is 10.1. The Morgan fingerprint density at radius 3 is 2.45 bits per heavy atom. The van der Waals surface area contributed by atoms with Crippen molar-refractivity contribution in [2.24, 2.45) is 5.73 Å². The second kappa shape index (κ2) is 11.1. The second-order valence-corrected chi connectivity index (χ2v) is 5.21. The molecule has 2 unspecified atom stereocenters. The Morgan fingerprint density at radius 1 is 1.25 bits per heavy atom. The SMILES string of the molecule is Cl.NC(CCC(CCBr)OCc1ccccc1)C(=O)O. The van der Waals surface area contributed by atoms with E-state index in [-0.39, 0.29) is 18.5 Å². The van der Waals surface area contributed by atoms with Crippen molar-refractivity contribution in [1.29, 1.82) is 0 Å². The van der Waals surface area contributed by atoms with E-state index in [4.69, 9.17) is 15.6 Å². The molecule has 4 nitrogen and oxygen atoms in total. The highest BCUT2D eigenvalue weighted by Gasteiger charge is 2.15. The number of aliphatic carboxylic acids is 1. The van der Waals surface area contributed by atoms with E-state index in [0.29, 0.717) is 19.4 Å². The number of benzene rings is 1. The number of alkyl halides is 1. The molecule has 0 aliphatic heterocycles. The van der Waals surface area contributed by atoms with Crippen LogP contribution in [0.2, 0.25) is 0 Å². The van der Waals surface area contributed by atoms with Gasteiger partial charge in [-0.2, -0.15) is 0 Å². The van der Waals surface area contributed by atoms with Crippen molar-refractivity contribution in [2.75, 3.05) is 5.33 Å². The molecule has 6 heteroatoms. The maximum Gasteiger partial charge on any atom is 0.320 e. The van der Waals surface area contributed by atoms with E-state index in [1.807, 2.05) is 30.3 Å². The first-order valence-corrected chi connectivity index (χ1v) is 7.45. The van der Waals surface area contributed by atoms with Crippen LogP contribution in [0.5, 0.6) is 0 Å². The Kier molecular flexibility index (Phi) is 10.7. The van der Waals surface area contributed by atoms with E-state index in [0.717, 1.165) is 17.3 Å². The van der Waals surface area contributed by atoms with Gasteiger partial charge in [-0.1, -0.05) is 46.3 Å². The number of halogens is 2. The number of carbonyl (C=O) groups is 1. The fraction of sp³-hybridized carbons (Fsp3) is 0.500. The average Bonchev–Trinajstić information content (AvgIpc) is 2.42. The molecule has 0 bridgehead atoms. The Morgan fingerprint density at radius 2 is 1.90 bits per heavy atom. The molecule has 20 heavy (non-hydrogen) atoms. The van der Waals surface area contributed by atoms with Crippen molar-refractivity contribution >= 4 is 34.3 Å². The molecule has 0 saturated carbocycles. The summed E-state index contributed by atoms with van der Waals surface area (Å²) in [5, 5.41) is 9.59. The molecule has 1 aromatic carbocycles. The van der Waals surface area contributed by atoms with Crippen molar-refractivity contribution in [3.05, 3.63) is 35.9 Å². The van der Waals surface area contributed by atoms with E-state index in [1.54, 1.807) is 0 Å². The summed E-state index contributed by atoms with van der Waals surface area (Å²) in [4.78, 5) is 10.7. The maximum absolute atomic E-state index is 10.7. The number of hydrogen-bond acceptors (Lipinski definition) is 3. The number of hydrogen-bond donors (Lipinski definition) is 2. The van der Waals surface area contributed by atoms with E-state index >= 15 is 0 Å². The van der Waals surface area contributed by atoms with Gasteiger partial charge in [-0.3, -0.25) is 4.79 Å². The molecule has 0 fully saturated rings. The summed E-state index contributed by atoms with van der Waals surface area (Å²) in [6.07, 6.45) is 1.97. The lowest BCUT2D eigenvalue weighted by Crippen LogP contribution is -2.31. The highest BCUT2D eigenvalue weighted by Crippen LogP contribution is 2.13. The van der Waals surface area contributed by atoms with Gasteiger partial charge in [0.15, 0.2) is 0 Å². The molecule has 0 amide bonds. The Balaban J connectivity index is 0.00000361. The molecule has 0 aliphatic carbocycles. The minimum Gasteiger partial charge on any atom is -0.480 e. The Hall–Kier alpha value is -0.620. The van der Waals surface area contributed by atoms with Crippen LogP contribution in [-0.2, 0) is 16.1 Å². The van der Waals surface area contributed by atoms with Crippen LogP contribution < -0.4 is 5.73 Å². The monoisotopic (exact) mass is 365 g/mol. The van der Waals surface area contributed by atoms with Crippen molar-refractivity contribution in [1.82, 2.24) is 0 Å². The third kappa shape index (κ3) is 7.85. The zero-order chi connectivity index (χ0) is 14.1. The fourth-order valence-electron chi connectivity index (χ4n) is 1.71. The minimum atomic E-state index is -0.958. The summed E-state index contributed by atoms with van der Waals surface area (Å²) in [7, 11) is 0. The molecule has 0 aromatic heterocycles. The van der Waals surface area contributed by atoms with Crippen LogP contribution in [-0.4, -0.2) is 28.6 Å². The first-order valence-electron chi connectivity index (χ1n) is 6.33. The van der Waals surface area contributed by atoms with Crippen LogP contribution in [0.4, 0.5) is 0 Å². The second-order valence-electron chi connectivity index (χ2n) is 4.42. The summed E-state index contributed by atoms with van der Waals surface area (Å²) < 4.78 is 5.82. The van der Waals surface area contributed by atoms with Gasteiger partial charge in [0.2, 0.25) is 0 Å². The van der Waals surface area contributed by atoms with Gasteiger partial charge in [-0.15, -0.1) is 12.4 Å². The molecule has 0 heterocycles. The quantitative estimate of drug-likeness (QED) is 0.659. The third-order valence-electron chi connectivity index (χ3n) is 2.88. The fourth-order valence-corrected chi connectivity index (χ4v) is 2.22. The normalized spacial score (nSPS) is 13.3. The molecule has 0 spiro atoms. The summed E-state index contributed by atoms with van der Waals surface area (Å²) in [6, 6.07) is 9.11. The van der Waals surface area contributed by atoms with Gasteiger partial charge in [0.05, 0.1) is 12.7 Å². The molecule has 0 saturated heterocycles. The minimum absolute atomic E-state index is 0. The third-order valence-corrected chi connectivity index (χ3v) is 3.33. The zero-order valence-corrected chi connectivity index (χ0v) is 13.6. The predicted octanol–water partition coefficient (Wildman–Crippen LogP) is 2.97. The first-order chi connectivity index (χ1) is 9.13. The van der Waals surface area contributed by atoms with Gasteiger partial charge in [0.1, 0.15) is 6.04 Å². The van der Waals surface area contributed by atoms with Gasteiger partial charge in [0.25, 0.3) is 0 Å². The summed E-state index contributed by atoms with van der Waals surface area (Å²) >= 11 is 3.38. The topological polar surface area (TPSA) is 72.5 Å². The zero-order valence-electron chi connectivity index (χ0n) is 11.2. The van der Waals surface area contributed by atoms with Crippen LogP contribution >= 0.6 is 28.3 Å². The van der Waals surface area contributed by atoms with Gasteiger partial charge in [-0.05, 0) is 24.8 Å². The molecule has 0 radical (unpaired) electrons. The summed E-state index contributed by atoms with van der Waals surface area (Å²) in [5.74, 6) is -0.958. The smallest absolute Gasteiger partial charge is 0.320 e. The van der Waals surface area contributed by atoms with Crippen LogP contribution in [0.3, 0.4) is 0 Å². The number of ether oxygens (including phenoxy) is 1. The lowest BCUT2D eigenvalue weighted by Gasteiger charge is -2.18.